The Labute approximate surface area is 120 Å². The van der Waals surface area contributed by atoms with Crippen LogP contribution in [-0.4, -0.2) is 17.0 Å². The second kappa shape index (κ2) is 5.99. The Hall–Kier alpha value is -1.97. The van der Waals surface area contributed by atoms with Crippen LogP contribution in [0.25, 0.3) is 10.9 Å². The molecular weight excluding hydrogens is 250 g/mol. The van der Waals surface area contributed by atoms with Gasteiger partial charge in [0, 0.05) is 29.7 Å². The maximum absolute atomic E-state index is 12.3. The molecule has 1 aromatic heterocycles. The molecule has 0 radical (unpaired) electrons. The Morgan fingerprint density at radius 2 is 2.10 bits per heavy atom. The molecule has 1 amide bonds. The first kappa shape index (κ1) is 14.4. The van der Waals surface area contributed by atoms with E-state index in [0.29, 0.717) is 18.2 Å². The molecule has 3 N–H and O–H groups in total. The third-order valence-corrected chi connectivity index (χ3v) is 3.28. The Morgan fingerprint density at radius 3 is 2.75 bits per heavy atom. The summed E-state index contributed by atoms with van der Waals surface area (Å²) in [5, 5.41) is 4.00. The number of nitrogens with two attached hydrogens (primary N) is 1. The summed E-state index contributed by atoms with van der Waals surface area (Å²) in [6.07, 6.45) is 0.985. The van der Waals surface area contributed by atoms with Crippen LogP contribution >= 0.6 is 0 Å². The van der Waals surface area contributed by atoms with E-state index in [2.05, 4.69) is 30.7 Å². The Morgan fingerprint density at radius 1 is 1.35 bits per heavy atom. The van der Waals surface area contributed by atoms with Crippen LogP contribution in [0.1, 0.15) is 37.7 Å². The second-order valence-corrected chi connectivity index (χ2v) is 5.60. The van der Waals surface area contributed by atoms with Gasteiger partial charge in [-0.3, -0.25) is 4.79 Å². The summed E-state index contributed by atoms with van der Waals surface area (Å²) in [6, 6.07) is 7.71. The molecule has 0 saturated heterocycles. The van der Waals surface area contributed by atoms with Crippen LogP contribution in [0, 0.1) is 5.92 Å². The van der Waals surface area contributed by atoms with E-state index in [1.54, 1.807) is 0 Å². The number of anilines is 1. The van der Waals surface area contributed by atoms with Gasteiger partial charge in [0.1, 0.15) is 5.69 Å². The lowest BCUT2D eigenvalue weighted by atomic mass is 10.2. The Bertz CT molecular complexity index is 613. The average molecular weight is 273 g/mol. The Balaban J connectivity index is 2.40. The minimum Gasteiger partial charge on any atom is -0.399 e. The van der Waals surface area contributed by atoms with E-state index >= 15 is 0 Å². The maximum Gasteiger partial charge on any atom is 0.267 e. The predicted octanol–water partition coefficient (Wildman–Crippen LogP) is 3.02. The molecule has 4 nitrogen and oxygen atoms in total. The lowest BCUT2D eigenvalue weighted by Crippen LogP contribution is -2.29. The van der Waals surface area contributed by atoms with Crippen molar-refractivity contribution in [2.45, 2.75) is 33.7 Å². The molecule has 0 saturated carbocycles. The number of hydrogen-bond acceptors (Lipinski definition) is 2. The van der Waals surface area contributed by atoms with E-state index in [0.717, 1.165) is 29.6 Å². The third-order valence-electron chi connectivity index (χ3n) is 3.28. The number of aryl methyl sites for hydroxylation is 1. The molecular formula is C16H23N3O. The molecule has 4 heteroatoms. The van der Waals surface area contributed by atoms with E-state index in [1.807, 2.05) is 24.3 Å². The minimum atomic E-state index is -0.0121. The van der Waals surface area contributed by atoms with Crippen molar-refractivity contribution in [3.8, 4) is 0 Å². The standard InChI is InChI=1S/C16H23N3O/c1-4-7-19-14-6-5-13(17)8-12(14)9-15(19)16(20)18-10-11(2)3/h5-6,8-9,11H,4,7,10,17H2,1-3H3,(H,18,20). The number of nitrogens with zero attached hydrogens (tertiary/aromatic N) is 1. The molecule has 0 bridgehead atoms. The lowest BCUT2D eigenvalue weighted by Gasteiger charge is -2.11. The van der Waals surface area contributed by atoms with Gasteiger partial charge >= 0.3 is 0 Å². The van der Waals surface area contributed by atoms with Crippen LogP contribution < -0.4 is 11.1 Å². The van der Waals surface area contributed by atoms with Gasteiger partial charge in [0.25, 0.3) is 5.91 Å². The van der Waals surface area contributed by atoms with Crippen LogP contribution in [0.5, 0.6) is 0 Å². The maximum atomic E-state index is 12.3. The zero-order chi connectivity index (χ0) is 14.7. The van der Waals surface area contributed by atoms with Crippen LogP contribution in [0.2, 0.25) is 0 Å². The number of benzene rings is 1. The van der Waals surface area contributed by atoms with E-state index in [9.17, 15) is 4.79 Å². The molecule has 0 unspecified atom stereocenters. The van der Waals surface area contributed by atoms with Crippen molar-refractivity contribution in [1.82, 2.24) is 9.88 Å². The third kappa shape index (κ3) is 2.95. The predicted molar refractivity (Wildman–Crippen MR) is 83.8 cm³/mol. The number of carbonyl (C=O) groups excluding carboxylic acids is 1. The zero-order valence-electron chi connectivity index (χ0n) is 12.4. The summed E-state index contributed by atoms with van der Waals surface area (Å²) in [6.45, 7) is 7.80. The fourth-order valence-corrected chi connectivity index (χ4v) is 2.33. The molecule has 0 aliphatic rings. The number of nitrogen functional groups attached to an aromatic ring is 1. The highest BCUT2D eigenvalue weighted by Gasteiger charge is 2.15. The van der Waals surface area contributed by atoms with Crippen LogP contribution in [-0.2, 0) is 6.54 Å². The van der Waals surface area contributed by atoms with Gasteiger partial charge in [0.05, 0.1) is 0 Å². The molecule has 2 aromatic rings. The van der Waals surface area contributed by atoms with Gasteiger partial charge < -0.3 is 15.6 Å². The van der Waals surface area contributed by atoms with E-state index in [-0.39, 0.29) is 5.91 Å². The van der Waals surface area contributed by atoms with Gasteiger partial charge in [-0.25, -0.2) is 0 Å². The smallest absolute Gasteiger partial charge is 0.267 e. The van der Waals surface area contributed by atoms with E-state index in [1.165, 1.54) is 0 Å². The molecule has 2 rings (SSSR count). The summed E-state index contributed by atoms with van der Waals surface area (Å²) in [4.78, 5) is 12.3. The topological polar surface area (TPSA) is 60.0 Å². The van der Waals surface area contributed by atoms with Crippen molar-refractivity contribution in [2.24, 2.45) is 5.92 Å². The van der Waals surface area contributed by atoms with Crippen LogP contribution in [0.3, 0.4) is 0 Å². The average Bonchev–Trinajstić information content (AvgIpc) is 2.74. The van der Waals surface area contributed by atoms with Crippen molar-refractivity contribution in [3.63, 3.8) is 0 Å². The number of aromatic nitrogens is 1. The summed E-state index contributed by atoms with van der Waals surface area (Å²) in [5.74, 6) is 0.431. The largest absolute Gasteiger partial charge is 0.399 e. The van der Waals surface area contributed by atoms with Gasteiger partial charge in [0.15, 0.2) is 0 Å². The first-order valence-electron chi connectivity index (χ1n) is 7.20. The minimum absolute atomic E-state index is 0.0121. The van der Waals surface area contributed by atoms with Gasteiger partial charge in [-0.1, -0.05) is 20.8 Å². The highest BCUT2D eigenvalue weighted by atomic mass is 16.1. The number of hydrogen-bond donors (Lipinski definition) is 2. The summed E-state index contributed by atoms with van der Waals surface area (Å²) < 4.78 is 2.07. The van der Waals surface area contributed by atoms with Gasteiger partial charge in [0.2, 0.25) is 0 Å². The van der Waals surface area contributed by atoms with E-state index in [4.69, 9.17) is 5.73 Å². The van der Waals surface area contributed by atoms with Crippen LogP contribution in [0.15, 0.2) is 24.3 Å². The zero-order valence-corrected chi connectivity index (χ0v) is 12.4. The normalized spacial score (nSPS) is 11.2. The summed E-state index contributed by atoms with van der Waals surface area (Å²) in [5.41, 5.74) is 8.33. The van der Waals surface area contributed by atoms with Gasteiger partial charge in [-0.2, -0.15) is 0 Å². The number of rotatable bonds is 5. The van der Waals surface area contributed by atoms with Crippen molar-refractivity contribution < 1.29 is 4.79 Å². The highest BCUT2D eigenvalue weighted by Crippen LogP contribution is 2.23. The fourth-order valence-electron chi connectivity index (χ4n) is 2.33. The molecule has 1 heterocycles. The number of fused-ring (bicyclic) bond motifs is 1. The molecule has 0 atom stereocenters. The SMILES string of the molecule is CCCn1c(C(=O)NCC(C)C)cc2cc(N)ccc21. The molecule has 0 aliphatic heterocycles. The van der Waals surface area contributed by atoms with Crippen molar-refractivity contribution in [1.29, 1.82) is 0 Å². The first-order valence-corrected chi connectivity index (χ1v) is 7.20. The molecule has 0 spiro atoms. The Kier molecular flexibility index (Phi) is 4.32. The molecule has 20 heavy (non-hydrogen) atoms. The lowest BCUT2D eigenvalue weighted by molar-refractivity contribution is 0.0940. The molecule has 0 aliphatic carbocycles. The van der Waals surface area contributed by atoms with Crippen LogP contribution in [0.4, 0.5) is 5.69 Å². The van der Waals surface area contributed by atoms with Gasteiger partial charge in [-0.15, -0.1) is 0 Å². The number of carbonyl (C=O) groups is 1. The number of amides is 1. The molecule has 108 valence electrons. The summed E-state index contributed by atoms with van der Waals surface area (Å²) >= 11 is 0. The fraction of sp³-hybridized carbons (Fsp3) is 0.438. The highest BCUT2D eigenvalue weighted by molar-refractivity contribution is 5.99. The molecule has 0 fully saturated rings. The second-order valence-electron chi connectivity index (χ2n) is 5.60. The first-order chi connectivity index (χ1) is 9.52. The summed E-state index contributed by atoms with van der Waals surface area (Å²) in [7, 11) is 0. The monoisotopic (exact) mass is 273 g/mol. The van der Waals surface area contributed by atoms with E-state index < -0.39 is 0 Å². The molecule has 1 aromatic carbocycles. The van der Waals surface area contributed by atoms with Crippen molar-refractivity contribution in [3.05, 3.63) is 30.0 Å². The van der Waals surface area contributed by atoms with Crippen molar-refractivity contribution in [2.75, 3.05) is 12.3 Å². The van der Waals surface area contributed by atoms with Gasteiger partial charge in [-0.05, 0) is 36.6 Å². The number of nitrogens with one attached hydrogen (secondary N) is 1. The quantitative estimate of drug-likeness (QED) is 0.823. The van der Waals surface area contributed by atoms with Crippen molar-refractivity contribution >= 4 is 22.5 Å².